The number of fused-ring (bicyclic) bond motifs is 1. The Morgan fingerprint density at radius 3 is 2.33 bits per heavy atom. The number of aromatic nitrogens is 2. The molecule has 30 heavy (non-hydrogen) atoms. The van der Waals surface area contributed by atoms with Crippen molar-refractivity contribution in [3.05, 3.63) is 101 Å². The Hall–Kier alpha value is -3.11. The highest BCUT2D eigenvalue weighted by Gasteiger charge is 2.27. The SMILES string of the molecule is CCc1c(CO)n2cccc(OCc3ccccc3)c2[n+]1Cc1cc(C)cc(C)c1. The van der Waals surface area contributed by atoms with Crippen LogP contribution in [0.3, 0.4) is 0 Å². The molecular formula is C26H29N2O2+. The lowest BCUT2D eigenvalue weighted by Crippen LogP contribution is -2.38. The minimum atomic E-state index is -0.00762. The molecular weight excluding hydrogens is 372 g/mol. The molecule has 4 rings (SSSR count). The van der Waals surface area contributed by atoms with Crippen molar-refractivity contribution in [1.82, 2.24) is 4.40 Å². The number of hydrogen-bond donors (Lipinski definition) is 1. The average Bonchev–Trinajstić information content (AvgIpc) is 3.05. The van der Waals surface area contributed by atoms with E-state index >= 15 is 0 Å². The first-order valence-electron chi connectivity index (χ1n) is 10.5. The van der Waals surface area contributed by atoms with Crippen molar-refractivity contribution in [3.8, 4) is 5.75 Å². The van der Waals surface area contributed by atoms with Crippen LogP contribution in [0.25, 0.3) is 5.65 Å². The molecule has 0 fully saturated rings. The Bertz CT molecular complexity index is 1140. The molecule has 0 aliphatic carbocycles. The molecule has 0 radical (unpaired) electrons. The predicted octanol–water partition coefficient (Wildman–Crippen LogP) is 4.53. The van der Waals surface area contributed by atoms with Gasteiger partial charge in [-0.25, -0.2) is 4.57 Å². The fourth-order valence-corrected chi connectivity index (χ4v) is 4.31. The van der Waals surface area contributed by atoms with Crippen LogP contribution in [0.15, 0.2) is 66.9 Å². The van der Waals surface area contributed by atoms with Gasteiger partial charge in [-0.05, 0) is 37.1 Å². The van der Waals surface area contributed by atoms with Crippen LogP contribution in [0.5, 0.6) is 5.75 Å². The molecule has 0 amide bonds. The van der Waals surface area contributed by atoms with Crippen LogP contribution in [0, 0.1) is 13.8 Å². The van der Waals surface area contributed by atoms with Crippen LogP contribution in [-0.2, 0) is 26.2 Å². The van der Waals surface area contributed by atoms with Gasteiger partial charge in [-0.2, -0.15) is 4.40 Å². The van der Waals surface area contributed by atoms with Crippen molar-refractivity contribution in [2.45, 2.75) is 47.0 Å². The lowest BCUT2D eigenvalue weighted by atomic mass is 10.1. The zero-order valence-electron chi connectivity index (χ0n) is 17.9. The number of aliphatic hydroxyl groups is 1. The van der Waals surface area contributed by atoms with E-state index in [1.165, 1.54) is 16.7 Å². The Morgan fingerprint density at radius 1 is 0.933 bits per heavy atom. The highest BCUT2D eigenvalue weighted by Crippen LogP contribution is 2.23. The molecule has 154 valence electrons. The van der Waals surface area contributed by atoms with E-state index < -0.39 is 0 Å². The van der Waals surface area contributed by atoms with E-state index in [1.807, 2.05) is 36.5 Å². The van der Waals surface area contributed by atoms with Crippen LogP contribution in [-0.4, -0.2) is 9.51 Å². The zero-order chi connectivity index (χ0) is 21.1. The summed E-state index contributed by atoms with van der Waals surface area (Å²) in [6, 6.07) is 20.8. The second kappa shape index (κ2) is 8.72. The Balaban J connectivity index is 1.82. The fraction of sp³-hybridized carbons (Fsp3) is 0.269. The highest BCUT2D eigenvalue weighted by atomic mass is 16.5. The largest absolute Gasteiger partial charge is 0.481 e. The summed E-state index contributed by atoms with van der Waals surface area (Å²) in [5, 5.41) is 10.1. The molecule has 4 aromatic rings. The molecule has 0 aliphatic heterocycles. The number of aliphatic hydroxyl groups excluding tert-OH is 1. The molecule has 0 atom stereocenters. The van der Waals surface area contributed by atoms with Gasteiger partial charge in [0, 0.05) is 6.42 Å². The van der Waals surface area contributed by atoms with E-state index in [-0.39, 0.29) is 6.61 Å². The molecule has 4 nitrogen and oxygen atoms in total. The van der Waals surface area contributed by atoms with Gasteiger partial charge in [-0.3, -0.25) is 0 Å². The minimum Gasteiger partial charge on any atom is -0.481 e. The monoisotopic (exact) mass is 401 g/mol. The number of hydrogen-bond acceptors (Lipinski definition) is 2. The molecule has 0 unspecified atom stereocenters. The van der Waals surface area contributed by atoms with Gasteiger partial charge in [-0.15, -0.1) is 0 Å². The van der Waals surface area contributed by atoms with Crippen LogP contribution >= 0.6 is 0 Å². The molecule has 2 aromatic carbocycles. The Kier molecular flexibility index (Phi) is 5.86. The number of benzene rings is 2. The van der Waals surface area contributed by atoms with Crippen LogP contribution in [0.4, 0.5) is 0 Å². The zero-order valence-corrected chi connectivity index (χ0v) is 17.9. The van der Waals surface area contributed by atoms with E-state index in [4.69, 9.17) is 4.74 Å². The normalized spacial score (nSPS) is 11.2. The van der Waals surface area contributed by atoms with E-state index in [2.05, 4.69) is 60.1 Å². The number of nitrogens with zero attached hydrogens (tertiary/aromatic N) is 2. The highest BCUT2D eigenvalue weighted by molar-refractivity contribution is 5.51. The summed E-state index contributed by atoms with van der Waals surface area (Å²) in [6.07, 6.45) is 2.84. The predicted molar refractivity (Wildman–Crippen MR) is 119 cm³/mol. The number of imidazole rings is 1. The van der Waals surface area contributed by atoms with Gasteiger partial charge in [0.15, 0.2) is 5.69 Å². The van der Waals surface area contributed by atoms with Crippen molar-refractivity contribution in [2.75, 3.05) is 0 Å². The van der Waals surface area contributed by atoms with Gasteiger partial charge in [0.25, 0.3) is 0 Å². The topological polar surface area (TPSA) is 37.8 Å². The maximum atomic E-state index is 10.1. The van der Waals surface area contributed by atoms with E-state index in [0.29, 0.717) is 6.61 Å². The quantitative estimate of drug-likeness (QED) is 0.462. The van der Waals surface area contributed by atoms with Crippen LogP contribution in [0.1, 0.15) is 40.6 Å². The molecule has 4 heteroatoms. The number of pyridine rings is 1. The first kappa shape index (κ1) is 20.2. The third kappa shape index (κ3) is 3.96. The van der Waals surface area contributed by atoms with Gasteiger partial charge in [0.05, 0.1) is 6.20 Å². The molecule has 0 bridgehead atoms. The van der Waals surface area contributed by atoms with Crippen molar-refractivity contribution < 1.29 is 14.4 Å². The van der Waals surface area contributed by atoms with Gasteiger partial charge in [0.1, 0.15) is 25.5 Å². The molecule has 0 saturated heterocycles. The van der Waals surface area contributed by atoms with E-state index in [1.54, 1.807) is 0 Å². The summed E-state index contributed by atoms with van der Waals surface area (Å²) in [4.78, 5) is 0. The minimum absolute atomic E-state index is 0.00762. The lowest BCUT2D eigenvalue weighted by Gasteiger charge is -2.09. The van der Waals surface area contributed by atoms with E-state index in [9.17, 15) is 5.11 Å². The lowest BCUT2D eigenvalue weighted by molar-refractivity contribution is -0.669. The third-order valence-electron chi connectivity index (χ3n) is 5.48. The second-order valence-corrected chi connectivity index (χ2v) is 7.83. The summed E-state index contributed by atoms with van der Waals surface area (Å²) >= 11 is 0. The molecule has 2 aromatic heterocycles. The average molecular weight is 402 g/mol. The maximum Gasteiger partial charge on any atom is 0.330 e. The smallest absolute Gasteiger partial charge is 0.330 e. The number of rotatable bonds is 7. The van der Waals surface area contributed by atoms with Crippen molar-refractivity contribution >= 4 is 5.65 Å². The van der Waals surface area contributed by atoms with Crippen molar-refractivity contribution in [1.29, 1.82) is 0 Å². The second-order valence-electron chi connectivity index (χ2n) is 7.83. The first-order valence-corrected chi connectivity index (χ1v) is 10.5. The summed E-state index contributed by atoms with van der Waals surface area (Å²) in [5.74, 6) is 0.820. The first-order chi connectivity index (χ1) is 14.6. The van der Waals surface area contributed by atoms with Gasteiger partial charge < -0.3 is 9.84 Å². The summed E-state index contributed by atoms with van der Waals surface area (Å²) in [7, 11) is 0. The van der Waals surface area contributed by atoms with Crippen LogP contribution in [0.2, 0.25) is 0 Å². The Morgan fingerprint density at radius 2 is 1.67 bits per heavy atom. The summed E-state index contributed by atoms with van der Waals surface area (Å²) < 4.78 is 10.6. The number of aryl methyl sites for hydroxylation is 2. The number of ether oxygens (including phenoxy) is 1. The summed E-state index contributed by atoms with van der Waals surface area (Å²) in [5.41, 5.74) is 7.93. The van der Waals surface area contributed by atoms with Crippen LogP contribution < -0.4 is 9.30 Å². The molecule has 0 saturated carbocycles. The Labute approximate surface area is 178 Å². The molecule has 0 spiro atoms. The standard InChI is InChI=1S/C26H29N2O2/c1-4-23-24(17-29)27-12-8-11-25(30-18-21-9-6-5-7-10-21)26(27)28(23)16-22-14-19(2)13-20(3)15-22/h5-15,29H,4,16-18H2,1-3H3/q+1. The maximum absolute atomic E-state index is 10.1. The molecule has 2 heterocycles. The van der Waals surface area contributed by atoms with Gasteiger partial charge in [-0.1, -0.05) is 66.6 Å². The fourth-order valence-electron chi connectivity index (χ4n) is 4.31. The van der Waals surface area contributed by atoms with Crippen molar-refractivity contribution in [3.63, 3.8) is 0 Å². The third-order valence-corrected chi connectivity index (χ3v) is 5.48. The molecule has 1 N–H and O–H groups in total. The van der Waals surface area contributed by atoms with Gasteiger partial charge >= 0.3 is 5.65 Å². The molecule has 0 aliphatic rings. The van der Waals surface area contributed by atoms with Gasteiger partial charge in [0.2, 0.25) is 5.75 Å². The van der Waals surface area contributed by atoms with E-state index in [0.717, 1.165) is 41.3 Å². The van der Waals surface area contributed by atoms with Crippen molar-refractivity contribution in [2.24, 2.45) is 0 Å². The summed E-state index contributed by atoms with van der Waals surface area (Å²) in [6.45, 7) is 7.63.